The Morgan fingerprint density at radius 3 is 2.70 bits per heavy atom. The third kappa shape index (κ3) is 4.27. The van der Waals surface area contributed by atoms with Gasteiger partial charge in [-0.1, -0.05) is 25.9 Å². The van der Waals surface area contributed by atoms with Crippen molar-refractivity contribution in [2.75, 3.05) is 25.6 Å². The summed E-state index contributed by atoms with van der Waals surface area (Å²) in [5.41, 5.74) is 1.97. The third-order valence-corrected chi connectivity index (χ3v) is 5.26. The minimum Gasteiger partial charge on any atom is -0.399 e. The number of rotatable bonds is 9. The summed E-state index contributed by atoms with van der Waals surface area (Å²) in [6.45, 7) is 6.61. The van der Waals surface area contributed by atoms with Crippen LogP contribution in [0.4, 0.5) is 5.82 Å². The Morgan fingerprint density at radius 2 is 2.10 bits per heavy atom. The molecule has 0 aliphatic carbocycles. The van der Waals surface area contributed by atoms with Gasteiger partial charge in [-0.15, -0.1) is 0 Å². The molecular weight excluding hydrogens is 390 g/mol. The Bertz CT molecular complexity index is 884. The van der Waals surface area contributed by atoms with E-state index in [0.717, 1.165) is 23.9 Å². The first kappa shape index (κ1) is 22.4. The van der Waals surface area contributed by atoms with Crippen LogP contribution >= 0.6 is 0 Å². The Labute approximate surface area is 175 Å². The molecule has 1 aliphatic heterocycles. The van der Waals surface area contributed by atoms with E-state index >= 15 is 0 Å². The summed E-state index contributed by atoms with van der Waals surface area (Å²) < 4.78 is 7.39. The molecule has 0 spiro atoms. The molecule has 0 bridgehead atoms. The number of nitrogens with one attached hydrogen (secondary N) is 1. The van der Waals surface area contributed by atoms with Crippen LogP contribution in [0, 0.1) is 5.92 Å². The van der Waals surface area contributed by atoms with Gasteiger partial charge in [0.05, 0.1) is 17.7 Å². The molecule has 0 amide bonds. The van der Waals surface area contributed by atoms with E-state index in [1.807, 2.05) is 6.92 Å². The lowest BCUT2D eigenvalue weighted by Gasteiger charge is -2.17. The topological polar surface area (TPSA) is 134 Å². The standard InChI is InChI=1S/C20H31N5O5/c1-5-13(24-29-4)12-8-25(20-17(28)16(27)14(9-26)30-20)19-15(12)18(22-10-23-19)21-7-6-11(2)3/h8,10-11,14,16-17,20,26-28H,5-7,9H2,1-4H3,(H,21,22,23). The molecule has 3 rings (SSSR count). The minimum absolute atomic E-state index is 0.400. The van der Waals surface area contributed by atoms with Crippen LogP contribution in [0.5, 0.6) is 0 Å². The van der Waals surface area contributed by atoms with Crippen molar-refractivity contribution in [3.8, 4) is 0 Å². The van der Waals surface area contributed by atoms with E-state index in [1.165, 1.54) is 13.4 Å². The molecule has 0 saturated carbocycles. The van der Waals surface area contributed by atoms with Crippen molar-refractivity contribution in [1.29, 1.82) is 0 Å². The van der Waals surface area contributed by atoms with Crippen molar-refractivity contribution >= 4 is 22.6 Å². The number of hydrogen-bond acceptors (Lipinski definition) is 9. The van der Waals surface area contributed by atoms with E-state index in [2.05, 4.69) is 34.3 Å². The van der Waals surface area contributed by atoms with Gasteiger partial charge in [0.1, 0.15) is 43.2 Å². The van der Waals surface area contributed by atoms with Crippen LogP contribution in [0.15, 0.2) is 17.7 Å². The highest BCUT2D eigenvalue weighted by Crippen LogP contribution is 2.35. The molecule has 3 heterocycles. The van der Waals surface area contributed by atoms with Gasteiger partial charge in [0, 0.05) is 18.3 Å². The monoisotopic (exact) mass is 421 g/mol. The zero-order valence-electron chi connectivity index (χ0n) is 17.8. The van der Waals surface area contributed by atoms with E-state index < -0.39 is 31.1 Å². The molecule has 2 aromatic rings. The Morgan fingerprint density at radius 1 is 1.33 bits per heavy atom. The van der Waals surface area contributed by atoms with Crippen LogP contribution in [0.3, 0.4) is 0 Å². The number of aliphatic hydroxyl groups excluding tert-OH is 3. The highest BCUT2D eigenvalue weighted by Gasteiger charge is 2.44. The second kappa shape index (κ2) is 9.69. The summed E-state index contributed by atoms with van der Waals surface area (Å²) in [6.07, 6.45) is 0.580. The molecule has 10 nitrogen and oxygen atoms in total. The molecule has 4 atom stereocenters. The SMILES string of the molecule is CCC(=NOC)c1cn(C2OC(CO)C(O)C2O)c2ncnc(NCCC(C)C)c12. The van der Waals surface area contributed by atoms with Crippen LogP contribution in [-0.4, -0.2) is 74.1 Å². The van der Waals surface area contributed by atoms with Crippen molar-refractivity contribution in [2.45, 2.75) is 58.2 Å². The van der Waals surface area contributed by atoms with Crippen molar-refractivity contribution < 1.29 is 24.9 Å². The highest BCUT2D eigenvalue weighted by molar-refractivity contribution is 6.13. The van der Waals surface area contributed by atoms with Crippen LogP contribution in [0.25, 0.3) is 11.0 Å². The number of fused-ring (bicyclic) bond motifs is 1. The van der Waals surface area contributed by atoms with Crippen molar-refractivity contribution in [2.24, 2.45) is 11.1 Å². The van der Waals surface area contributed by atoms with Crippen molar-refractivity contribution in [3.05, 3.63) is 18.1 Å². The summed E-state index contributed by atoms with van der Waals surface area (Å²) in [6, 6.07) is 0. The number of ether oxygens (including phenoxy) is 1. The van der Waals surface area contributed by atoms with Gasteiger partial charge in [-0.25, -0.2) is 9.97 Å². The van der Waals surface area contributed by atoms with E-state index in [4.69, 9.17) is 9.57 Å². The van der Waals surface area contributed by atoms with Gasteiger partial charge in [0.25, 0.3) is 0 Å². The van der Waals surface area contributed by atoms with Crippen molar-refractivity contribution in [1.82, 2.24) is 14.5 Å². The lowest BCUT2D eigenvalue weighted by atomic mass is 10.1. The first-order valence-electron chi connectivity index (χ1n) is 10.2. The van der Waals surface area contributed by atoms with Crippen LogP contribution in [0.2, 0.25) is 0 Å². The second-order valence-corrected chi connectivity index (χ2v) is 7.78. The summed E-state index contributed by atoms with van der Waals surface area (Å²) in [5.74, 6) is 1.19. The number of aliphatic hydroxyl groups is 3. The molecule has 2 aromatic heterocycles. The Hall–Kier alpha value is -2.27. The predicted octanol–water partition coefficient (Wildman–Crippen LogP) is 1.26. The van der Waals surface area contributed by atoms with E-state index in [-0.39, 0.29) is 0 Å². The van der Waals surface area contributed by atoms with Gasteiger partial charge in [0.15, 0.2) is 6.23 Å². The van der Waals surface area contributed by atoms with Gasteiger partial charge >= 0.3 is 0 Å². The summed E-state index contributed by atoms with van der Waals surface area (Å²) >= 11 is 0. The predicted molar refractivity (Wildman–Crippen MR) is 112 cm³/mol. The maximum Gasteiger partial charge on any atom is 0.164 e. The van der Waals surface area contributed by atoms with Gasteiger partial charge in [-0.3, -0.25) is 0 Å². The second-order valence-electron chi connectivity index (χ2n) is 7.78. The molecule has 0 aromatic carbocycles. The number of oxime groups is 1. The molecule has 10 heteroatoms. The zero-order valence-corrected chi connectivity index (χ0v) is 17.8. The Kier molecular flexibility index (Phi) is 7.24. The lowest BCUT2D eigenvalue weighted by Crippen LogP contribution is -2.33. The fraction of sp³-hybridized carbons (Fsp3) is 0.650. The van der Waals surface area contributed by atoms with E-state index in [1.54, 1.807) is 10.8 Å². The first-order valence-corrected chi connectivity index (χ1v) is 10.2. The molecule has 166 valence electrons. The van der Waals surface area contributed by atoms with Gasteiger partial charge in [0.2, 0.25) is 0 Å². The number of anilines is 1. The number of nitrogens with zero attached hydrogens (tertiary/aromatic N) is 4. The molecule has 1 aliphatic rings. The summed E-state index contributed by atoms with van der Waals surface area (Å²) in [7, 11) is 1.49. The molecular formula is C20H31N5O5. The number of aromatic nitrogens is 3. The van der Waals surface area contributed by atoms with Gasteiger partial charge < -0.3 is 34.8 Å². The summed E-state index contributed by atoms with van der Waals surface area (Å²) in [5, 5.41) is 38.4. The maximum atomic E-state index is 10.5. The van der Waals surface area contributed by atoms with E-state index in [0.29, 0.717) is 29.5 Å². The fourth-order valence-electron chi connectivity index (χ4n) is 3.64. The fourth-order valence-corrected chi connectivity index (χ4v) is 3.64. The van der Waals surface area contributed by atoms with Crippen LogP contribution in [-0.2, 0) is 9.57 Å². The zero-order chi connectivity index (χ0) is 21.8. The van der Waals surface area contributed by atoms with Crippen LogP contribution < -0.4 is 5.32 Å². The van der Waals surface area contributed by atoms with Gasteiger partial charge in [-0.2, -0.15) is 0 Å². The summed E-state index contributed by atoms with van der Waals surface area (Å²) in [4.78, 5) is 13.9. The molecule has 1 fully saturated rings. The van der Waals surface area contributed by atoms with Crippen molar-refractivity contribution in [3.63, 3.8) is 0 Å². The quantitative estimate of drug-likeness (QED) is 0.351. The molecule has 1 saturated heterocycles. The molecule has 4 N–H and O–H groups in total. The highest BCUT2D eigenvalue weighted by atomic mass is 16.6. The minimum atomic E-state index is -1.22. The molecule has 4 unspecified atom stereocenters. The van der Waals surface area contributed by atoms with Crippen LogP contribution in [0.1, 0.15) is 45.4 Å². The molecule has 0 radical (unpaired) electrons. The number of hydrogen-bond donors (Lipinski definition) is 4. The largest absolute Gasteiger partial charge is 0.399 e. The smallest absolute Gasteiger partial charge is 0.164 e. The first-order chi connectivity index (χ1) is 14.4. The van der Waals surface area contributed by atoms with E-state index in [9.17, 15) is 15.3 Å². The average molecular weight is 421 g/mol. The van der Waals surface area contributed by atoms with Gasteiger partial charge in [-0.05, 0) is 18.8 Å². The normalized spacial score (nSPS) is 24.7. The lowest BCUT2D eigenvalue weighted by molar-refractivity contribution is -0.0508. The maximum absolute atomic E-state index is 10.5. The molecule has 30 heavy (non-hydrogen) atoms. The Balaban J connectivity index is 2.12. The average Bonchev–Trinajstić information content (AvgIpc) is 3.24. The third-order valence-electron chi connectivity index (χ3n) is 5.26.